The zero-order chi connectivity index (χ0) is 24.8. The van der Waals surface area contributed by atoms with Gasteiger partial charge in [0, 0.05) is 30.3 Å². The van der Waals surface area contributed by atoms with Crippen LogP contribution in [-0.4, -0.2) is 43.3 Å². The molecule has 3 aromatic rings. The molecule has 0 heterocycles. The molecule has 0 aromatic heterocycles. The van der Waals surface area contributed by atoms with Crippen molar-refractivity contribution in [3.8, 4) is 16.9 Å². The molecule has 0 bridgehead atoms. The van der Waals surface area contributed by atoms with Gasteiger partial charge >= 0.3 is 12.1 Å². The van der Waals surface area contributed by atoms with E-state index < -0.39 is 18.0 Å². The lowest BCUT2D eigenvalue weighted by Gasteiger charge is -2.14. The highest BCUT2D eigenvalue weighted by molar-refractivity contribution is 6.00. The van der Waals surface area contributed by atoms with E-state index in [2.05, 4.69) is 22.8 Å². The van der Waals surface area contributed by atoms with Crippen LogP contribution in [0, 0.1) is 0 Å². The van der Waals surface area contributed by atoms with Crippen LogP contribution in [0.1, 0.15) is 27.4 Å². The van der Waals surface area contributed by atoms with E-state index in [-0.39, 0.29) is 30.4 Å². The number of fused-ring (bicyclic) bond motifs is 3. The fourth-order valence-electron chi connectivity index (χ4n) is 4.09. The number of nitrogens with one attached hydrogen (secondary N) is 2. The smallest absolute Gasteiger partial charge is 0.407 e. The summed E-state index contributed by atoms with van der Waals surface area (Å²) in [5.41, 5.74) is 4.94. The second kappa shape index (κ2) is 10.6. The second-order valence-corrected chi connectivity index (χ2v) is 7.82. The Morgan fingerprint density at radius 2 is 1.63 bits per heavy atom. The summed E-state index contributed by atoms with van der Waals surface area (Å²) in [6.07, 6.45) is 2.17. The molecule has 0 unspecified atom stereocenters. The Morgan fingerprint density at radius 3 is 2.26 bits per heavy atom. The number of hydrogen-bond acceptors (Lipinski definition) is 5. The number of rotatable bonds is 8. The number of alkyl carbamates (subject to hydrolysis) is 1. The molecule has 3 N–H and O–H groups in total. The number of benzene rings is 3. The van der Waals surface area contributed by atoms with Gasteiger partial charge in [-0.15, -0.1) is 0 Å². The number of carboxylic acids is 1. The number of ether oxygens (including phenoxy) is 2. The molecule has 8 heteroatoms. The maximum atomic E-state index is 12.2. The van der Waals surface area contributed by atoms with Crippen LogP contribution in [0.25, 0.3) is 11.1 Å². The van der Waals surface area contributed by atoms with Gasteiger partial charge in [-0.05, 0) is 34.4 Å². The normalized spacial score (nSPS) is 12.0. The summed E-state index contributed by atoms with van der Waals surface area (Å²) in [5, 5.41) is 14.3. The summed E-state index contributed by atoms with van der Waals surface area (Å²) in [6, 6.07) is 20.4. The van der Waals surface area contributed by atoms with E-state index >= 15 is 0 Å². The Bertz CT molecular complexity index is 1250. The van der Waals surface area contributed by atoms with Gasteiger partial charge < -0.3 is 25.2 Å². The van der Waals surface area contributed by atoms with E-state index in [9.17, 15) is 14.4 Å². The Morgan fingerprint density at radius 1 is 0.971 bits per heavy atom. The molecule has 8 nitrogen and oxygen atoms in total. The minimum Gasteiger partial charge on any atom is -0.496 e. The molecule has 3 aromatic carbocycles. The van der Waals surface area contributed by atoms with E-state index in [1.165, 1.54) is 37.5 Å². The van der Waals surface area contributed by atoms with Crippen LogP contribution < -0.4 is 15.4 Å². The van der Waals surface area contributed by atoms with Crippen LogP contribution in [0.15, 0.2) is 78.9 Å². The zero-order valence-corrected chi connectivity index (χ0v) is 19.0. The molecule has 0 saturated heterocycles. The number of carbonyl (C=O) groups is 3. The summed E-state index contributed by atoms with van der Waals surface area (Å²) in [7, 11) is 1.35. The fourth-order valence-corrected chi connectivity index (χ4v) is 4.09. The Balaban J connectivity index is 1.26. The minimum absolute atomic E-state index is 0.00617. The van der Waals surface area contributed by atoms with E-state index in [0.717, 1.165) is 22.3 Å². The lowest BCUT2D eigenvalue weighted by Crippen LogP contribution is -2.26. The Hall–Kier alpha value is -4.59. The molecule has 4 rings (SSSR count). The number of methoxy groups -OCH3 is 1. The molecule has 0 saturated carbocycles. The molecule has 0 atom stereocenters. The van der Waals surface area contributed by atoms with E-state index in [1.807, 2.05) is 36.4 Å². The summed E-state index contributed by atoms with van der Waals surface area (Å²) in [5.74, 6) is -1.46. The highest BCUT2D eigenvalue weighted by atomic mass is 16.5. The van der Waals surface area contributed by atoms with E-state index in [1.54, 1.807) is 0 Å². The van der Waals surface area contributed by atoms with Crippen LogP contribution in [0.4, 0.5) is 10.5 Å². The monoisotopic (exact) mass is 472 g/mol. The molecule has 1 aliphatic rings. The maximum absolute atomic E-state index is 12.2. The van der Waals surface area contributed by atoms with Crippen molar-refractivity contribution in [3.05, 3.63) is 95.6 Å². The quantitative estimate of drug-likeness (QED) is 0.418. The molecular weight excluding hydrogens is 448 g/mol. The predicted octanol–water partition coefficient (Wildman–Crippen LogP) is 4.43. The standard InChI is InChI=1S/C27H24N2O6/c1-34-24-15-17(12-13-22(24)26(31)32)29-25(30)11-6-14-28-27(33)35-16-23-20-9-4-2-7-18(20)19-8-3-5-10-21(19)23/h2-13,15,23H,14,16H2,1H3,(H,28,33)(H,29,30)(H,31,32)/b11-6+. The molecule has 0 radical (unpaired) electrons. The largest absolute Gasteiger partial charge is 0.496 e. The number of carboxylic acid groups (broad SMARTS) is 1. The minimum atomic E-state index is -1.13. The zero-order valence-electron chi connectivity index (χ0n) is 19.0. The molecule has 178 valence electrons. The van der Waals surface area contributed by atoms with Gasteiger partial charge in [0.1, 0.15) is 17.9 Å². The van der Waals surface area contributed by atoms with Gasteiger partial charge in [-0.1, -0.05) is 54.6 Å². The molecule has 1 aliphatic carbocycles. The highest BCUT2D eigenvalue weighted by Gasteiger charge is 2.28. The van der Waals surface area contributed by atoms with Crippen LogP contribution in [0.3, 0.4) is 0 Å². The highest BCUT2D eigenvalue weighted by Crippen LogP contribution is 2.44. The summed E-state index contributed by atoms with van der Waals surface area (Å²) in [6.45, 7) is 0.309. The maximum Gasteiger partial charge on any atom is 0.407 e. The van der Waals surface area contributed by atoms with Crippen molar-refractivity contribution in [2.45, 2.75) is 5.92 Å². The van der Waals surface area contributed by atoms with Crippen molar-refractivity contribution in [1.29, 1.82) is 0 Å². The summed E-state index contributed by atoms with van der Waals surface area (Å²) in [4.78, 5) is 35.4. The third-order valence-electron chi connectivity index (χ3n) is 5.68. The van der Waals surface area contributed by atoms with Crippen LogP contribution in [0.2, 0.25) is 0 Å². The van der Waals surface area contributed by atoms with Gasteiger partial charge in [-0.2, -0.15) is 0 Å². The average molecular weight is 472 g/mol. The third kappa shape index (κ3) is 5.33. The van der Waals surface area contributed by atoms with Crippen molar-refractivity contribution in [3.63, 3.8) is 0 Å². The first-order valence-corrected chi connectivity index (χ1v) is 11.0. The Kier molecular flexibility index (Phi) is 7.11. The van der Waals surface area contributed by atoms with Crippen LogP contribution in [-0.2, 0) is 9.53 Å². The van der Waals surface area contributed by atoms with Gasteiger partial charge in [-0.3, -0.25) is 4.79 Å². The van der Waals surface area contributed by atoms with Crippen molar-refractivity contribution in [2.24, 2.45) is 0 Å². The first kappa shape index (κ1) is 23.6. The molecular formula is C27H24N2O6. The molecule has 35 heavy (non-hydrogen) atoms. The Labute approximate surface area is 202 Å². The van der Waals surface area contributed by atoms with E-state index in [0.29, 0.717) is 5.69 Å². The van der Waals surface area contributed by atoms with Crippen molar-refractivity contribution in [2.75, 3.05) is 25.6 Å². The average Bonchev–Trinajstić information content (AvgIpc) is 3.19. The van der Waals surface area contributed by atoms with Gasteiger partial charge in [0.15, 0.2) is 0 Å². The van der Waals surface area contributed by atoms with Crippen molar-refractivity contribution >= 4 is 23.7 Å². The first-order chi connectivity index (χ1) is 17.0. The SMILES string of the molecule is COc1cc(NC(=O)/C=C/CNC(=O)OCC2c3ccccc3-c3ccccc32)ccc1C(=O)O. The molecule has 0 spiro atoms. The fraction of sp³-hybridized carbons (Fsp3) is 0.148. The summed E-state index contributed by atoms with van der Waals surface area (Å²) < 4.78 is 10.5. The number of aromatic carboxylic acids is 1. The topological polar surface area (TPSA) is 114 Å². The van der Waals surface area contributed by atoms with Crippen molar-refractivity contribution < 1.29 is 29.0 Å². The van der Waals surface area contributed by atoms with Crippen molar-refractivity contribution in [1.82, 2.24) is 5.32 Å². The lowest BCUT2D eigenvalue weighted by molar-refractivity contribution is -0.111. The predicted molar refractivity (Wildman–Crippen MR) is 131 cm³/mol. The van der Waals surface area contributed by atoms with Gasteiger partial charge in [-0.25, -0.2) is 9.59 Å². The molecule has 0 aliphatic heterocycles. The molecule has 0 fully saturated rings. The van der Waals surface area contributed by atoms with Crippen LogP contribution in [0.5, 0.6) is 5.75 Å². The number of anilines is 1. The summed E-state index contributed by atoms with van der Waals surface area (Å²) >= 11 is 0. The number of amides is 2. The third-order valence-corrected chi connectivity index (χ3v) is 5.68. The van der Waals surface area contributed by atoms with Gasteiger partial charge in [0.25, 0.3) is 0 Å². The van der Waals surface area contributed by atoms with Crippen LogP contribution >= 0.6 is 0 Å². The first-order valence-electron chi connectivity index (χ1n) is 11.0. The number of carbonyl (C=O) groups excluding carboxylic acids is 2. The van der Waals surface area contributed by atoms with Gasteiger partial charge in [0.05, 0.1) is 7.11 Å². The second-order valence-electron chi connectivity index (χ2n) is 7.82. The van der Waals surface area contributed by atoms with E-state index in [4.69, 9.17) is 14.6 Å². The number of hydrogen-bond donors (Lipinski definition) is 3. The molecule has 2 amide bonds. The lowest BCUT2D eigenvalue weighted by atomic mass is 9.98. The van der Waals surface area contributed by atoms with Gasteiger partial charge in [0.2, 0.25) is 5.91 Å².